The van der Waals surface area contributed by atoms with E-state index in [9.17, 15) is 13.2 Å². The van der Waals surface area contributed by atoms with Gasteiger partial charge >= 0.3 is 0 Å². The Hall–Kier alpha value is -1.85. The molecule has 6 heteroatoms. The Morgan fingerprint density at radius 3 is 2.42 bits per heavy atom. The molecule has 24 heavy (non-hydrogen) atoms. The predicted molar refractivity (Wildman–Crippen MR) is 98.9 cm³/mol. The first kappa shape index (κ1) is 18.5. The third-order valence-electron chi connectivity index (χ3n) is 3.68. The van der Waals surface area contributed by atoms with Gasteiger partial charge in [-0.05, 0) is 56.7 Å². The van der Waals surface area contributed by atoms with Crippen molar-refractivity contribution in [2.75, 3.05) is 12.0 Å². The normalized spacial score (nSPS) is 12.0. The summed E-state index contributed by atoms with van der Waals surface area (Å²) >= 11 is 5.95. The summed E-state index contributed by atoms with van der Waals surface area (Å²) in [5.41, 5.74) is 3.21. The molecule has 2 aromatic rings. The molecular formula is C18H20ClNO3S. The Morgan fingerprint density at radius 1 is 1.25 bits per heavy atom. The fourth-order valence-corrected chi connectivity index (χ4v) is 3.22. The summed E-state index contributed by atoms with van der Waals surface area (Å²) in [6, 6.07) is 9.17. The van der Waals surface area contributed by atoms with Gasteiger partial charge in [0, 0.05) is 33.9 Å². The van der Waals surface area contributed by atoms with Crippen LogP contribution in [0, 0.1) is 6.92 Å². The van der Waals surface area contributed by atoms with Crippen LogP contribution in [0.25, 0.3) is 11.8 Å². The summed E-state index contributed by atoms with van der Waals surface area (Å²) in [6.07, 6.45) is 5.31. The first-order valence-corrected chi connectivity index (χ1v) is 9.96. The zero-order chi connectivity index (χ0) is 17.9. The highest BCUT2D eigenvalue weighted by Gasteiger charge is 2.14. The van der Waals surface area contributed by atoms with Crippen LogP contribution in [0.1, 0.15) is 35.1 Å². The Bertz CT molecular complexity index is 878. The second-order valence-electron chi connectivity index (χ2n) is 5.76. The highest BCUT2D eigenvalue weighted by Crippen LogP contribution is 2.24. The SMILES string of the molecule is CC(=O)c1cc(/C=C/CCS(C)(=O)=O)n(-c2ccc(Cl)cc2)c1C. The first-order valence-electron chi connectivity index (χ1n) is 7.52. The molecule has 0 aliphatic rings. The van der Waals surface area contributed by atoms with E-state index < -0.39 is 9.84 Å². The zero-order valence-corrected chi connectivity index (χ0v) is 15.5. The molecule has 0 radical (unpaired) electrons. The van der Waals surface area contributed by atoms with E-state index in [0.29, 0.717) is 17.0 Å². The lowest BCUT2D eigenvalue weighted by Crippen LogP contribution is -2.02. The van der Waals surface area contributed by atoms with Gasteiger partial charge in [0.05, 0.1) is 5.75 Å². The smallest absolute Gasteiger partial charge is 0.161 e. The maximum absolute atomic E-state index is 11.8. The third-order valence-corrected chi connectivity index (χ3v) is 4.91. The molecule has 0 saturated heterocycles. The highest BCUT2D eigenvalue weighted by molar-refractivity contribution is 7.90. The van der Waals surface area contributed by atoms with E-state index in [1.165, 1.54) is 13.2 Å². The van der Waals surface area contributed by atoms with Gasteiger partial charge in [0.2, 0.25) is 0 Å². The van der Waals surface area contributed by atoms with Crippen molar-refractivity contribution in [3.8, 4) is 5.69 Å². The van der Waals surface area contributed by atoms with E-state index in [2.05, 4.69) is 0 Å². The van der Waals surface area contributed by atoms with Crippen LogP contribution in [0.3, 0.4) is 0 Å². The van der Waals surface area contributed by atoms with Crippen LogP contribution in [0.5, 0.6) is 0 Å². The van der Waals surface area contributed by atoms with Crippen molar-refractivity contribution in [1.82, 2.24) is 4.57 Å². The number of nitrogens with zero attached hydrogens (tertiary/aromatic N) is 1. The predicted octanol–water partition coefficient (Wildman–Crippen LogP) is 4.09. The summed E-state index contributed by atoms with van der Waals surface area (Å²) in [7, 11) is -2.99. The quantitative estimate of drug-likeness (QED) is 0.724. The van der Waals surface area contributed by atoms with E-state index >= 15 is 0 Å². The lowest BCUT2D eigenvalue weighted by atomic mass is 10.2. The molecule has 0 saturated carbocycles. The first-order chi connectivity index (χ1) is 11.2. The molecule has 0 aliphatic carbocycles. The van der Waals surface area contributed by atoms with Crippen LogP contribution in [0.4, 0.5) is 0 Å². The number of benzene rings is 1. The molecule has 1 aromatic heterocycles. The van der Waals surface area contributed by atoms with Crippen LogP contribution in [-0.4, -0.2) is 30.8 Å². The number of rotatable bonds is 6. The number of ketones is 1. The molecule has 0 atom stereocenters. The average Bonchev–Trinajstić information content (AvgIpc) is 2.81. The van der Waals surface area contributed by atoms with E-state index in [0.717, 1.165) is 17.1 Å². The summed E-state index contributed by atoms with van der Waals surface area (Å²) in [4.78, 5) is 11.8. The molecule has 2 rings (SSSR count). The van der Waals surface area contributed by atoms with Gasteiger partial charge in [0.1, 0.15) is 9.84 Å². The molecule has 1 aromatic carbocycles. The Labute approximate surface area is 147 Å². The van der Waals surface area contributed by atoms with Gasteiger partial charge in [0.25, 0.3) is 0 Å². The number of Topliss-reactive ketones (excluding diaryl/α,β-unsaturated/α-hetero) is 1. The third kappa shape index (κ3) is 4.58. The van der Waals surface area contributed by atoms with Crippen LogP contribution in [0.2, 0.25) is 5.02 Å². The van der Waals surface area contributed by atoms with Gasteiger partial charge in [0.15, 0.2) is 5.78 Å². The Morgan fingerprint density at radius 2 is 1.88 bits per heavy atom. The van der Waals surface area contributed by atoms with Crippen molar-refractivity contribution in [2.45, 2.75) is 20.3 Å². The molecule has 0 fully saturated rings. The van der Waals surface area contributed by atoms with E-state index in [1.54, 1.807) is 12.1 Å². The molecular weight excluding hydrogens is 346 g/mol. The van der Waals surface area contributed by atoms with Gasteiger partial charge in [-0.15, -0.1) is 0 Å². The second-order valence-corrected chi connectivity index (χ2v) is 8.45. The van der Waals surface area contributed by atoms with Crippen molar-refractivity contribution in [2.24, 2.45) is 0 Å². The standard InChI is InChI=1S/C18H20ClNO3S/c1-13-18(14(2)21)12-17(6-4-5-11-24(3,22)23)20(13)16-9-7-15(19)8-10-16/h4,6-10,12H,5,11H2,1-3H3/b6-4+. The average molecular weight is 366 g/mol. The van der Waals surface area contributed by atoms with Gasteiger partial charge in [-0.3, -0.25) is 4.79 Å². The number of carbonyl (C=O) groups is 1. The lowest BCUT2D eigenvalue weighted by Gasteiger charge is -2.10. The molecule has 0 spiro atoms. The van der Waals surface area contributed by atoms with Crippen LogP contribution in [-0.2, 0) is 9.84 Å². The summed E-state index contributed by atoms with van der Waals surface area (Å²) in [6.45, 7) is 3.42. The highest BCUT2D eigenvalue weighted by atomic mass is 35.5. The molecule has 0 bridgehead atoms. The van der Waals surface area contributed by atoms with E-state index in [1.807, 2.05) is 41.8 Å². The molecule has 0 amide bonds. The minimum atomic E-state index is -2.99. The molecule has 0 N–H and O–H groups in total. The van der Waals surface area contributed by atoms with Crippen LogP contribution < -0.4 is 0 Å². The van der Waals surface area contributed by atoms with Crippen molar-refractivity contribution < 1.29 is 13.2 Å². The largest absolute Gasteiger partial charge is 0.314 e. The van der Waals surface area contributed by atoms with Crippen molar-refractivity contribution in [3.63, 3.8) is 0 Å². The Balaban J connectivity index is 2.42. The maximum Gasteiger partial charge on any atom is 0.161 e. The molecule has 4 nitrogen and oxygen atoms in total. The van der Waals surface area contributed by atoms with Gasteiger partial charge in [-0.25, -0.2) is 8.42 Å². The summed E-state index contributed by atoms with van der Waals surface area (Å²) in [5, 5.41) is 0.639. The van der Waals surface area contributed by atoms with Crippen LogP contribution in [0.15, 0.2) is 36.4 Å². The fraction of sp³-hybridized carbons (Fsp3) is 0.278. The zero-order valence-electron chi connectivity index (χ0n) is 13.9. The number of aromatic nitrogens is 1. The number of allylic oxidation sites excluding steroid dienone is 1. The summed E-state index contributed by atoms with van der Waals surface area (Å²) < 4.78 is 24.4. The second kappa shape index (κ2) is 7.36. The van der Waals surface area contributed by atoms with Crippen molar-refractivity contribution in [1.29, 1.82) is 0 Å². The van der Waals surface area contributed by atoms with Gasteiger partial charge < -0.3 is 4.57 Å². The van der Waals surface area contributed by atoms with E-state index in [4.69, 9.17) is 11.6 Å². The molecule has 0 aliphatic heterocycles. The number of hydrogen-bond acceptors (Lipinski definition) is 3. The van der Waals surface area contributed by atoms with Crippen molar-refractivity contribution in [3.05, 3.63) is 58.4 Å². The number of sulfone groups is 1. The number of hydrogen-bond donors (Lipinski definition) is 0. The van der Waals surface area contributed by atoms with E-state index in [-0.39, 0.29) is 11.5 Å². The molecule has 128 valence electrons. The molecule has 1 heterocycles. The maximum atomic E-state index is 11.8. The number of carbonyl (C=O) groups excluding carboxylic acids is 1. The van der Waals surface area contributed by atoms with Crippen LogP contribution >= 0.6 is 11.6 Å². The minimum absolute atomic E-state index is 0.00833. The van der Waals surface area contributed by atoms with Gasteiger partial charge in [-0.1, -0.05) is 17.7 Å². The fourth-order valence-electron chi connectivity index (χ4n) is 2.53. The summed E-state index contributed by atoms with van der Waals surface area (Å²) in [5.74, 6) is 0.0926. The van der Waals surface area contributed by atoms with Crippen molar-refractivity contribution >= 4 is 33.3 Å². The Kier molecular flexibility index (Phi) is 5.67. The molecule has 0 unspecified atom stereocenters. The monoisotopic (exact) mass is 365 g/mol. The lowest BCUT2D eigenvalue weighted by molar-refractivity contribution is 0.101. The van der Waals surface area contributed by atoms with Gasteiger partial charge in [-0.2, -0.15) is 0 Å². The topological polar surface area (TPSA) is 56.1 Å². The minimum Gasteiger partial charge on any atom is -0.314 e. The number of halogens is 1.